The Morgan fingerprint density at radius 1 is 1.21 bits per heavy atom. The van der Waals surface area contributed by atoms with Gasteiger partial charge in [0.25, 0.3) is 0 Å². The SMILES string of the molecule is O=C1CCCN1C1=CC(CF)(CF)Oc2ccc(C(F)(F)F)cc21. The molecule has 0 unspecified atom stereocenters. The van der Waals surface area contributed by atoms with Crippen LogP contribution in [0.1, 0.15) is 24.0 Å². The van der Waals surface area contributed by atoms with E-state index in [1.807, 2.05) is 0 Å². The molecule has 0 N–H and O–H groups in total. The Labute approximate surface area is 134 Å². The predicted molar refractivity (Wildman–Crippen MR) is 75.7 cm³/mol. The Kier molecular flexibility index (Phi) is 4.01. The molecule has 0 aromatic heterocycles. The van der Waals surface area contributed by atoms with Crippen molar-refractivity contribution in [2.45, 2.75) is 24.6 Å². The Hall–Kier alpha value is -2.12. The van der Waals surface area contributed by atoms with Crippen LogP contribution in [0.3, 0.4) is 0 Å². The molecule has 1 saturated heterocycles. The lowest BCUT2D eigenvalue weighted by atomic mass is 9.95. The van der Waals surface area contributed by atoms with Gasteiger partial charge in [0, 0.05) is 18.5 Å². The largest absolute Gasteiger partial charge is 0.477 e. The van der Waals surface area contributed by atoms with Crippen LogP contribution in [0.15, 0.2) is 24.3 Å². The van der Waals surface area contributed by atoms with Gasteiger partial charge in [0.15, 0.2) is 5.60 Å². The molecule has 2 aliphatic heterocycles. The summed E-state index contributed by atoms with van der Waals surface area (Å²) in [6, 6.07) is 2.66. The maximum Gasteiger partial charge on any atom is 0.416 e. The molecule has 0 radical (unpaired) electrons. The van der Waals surface area contributed by atoms with Gasteiger partial charge in [-0.3, -0.25) is 4.79 Å². The minimum atomic E-state index is -4.58. The van der Waals surface area contributed by atoms with E-state index in [0.29, 0.717) is 6.42 Å². The fourth-order valence-corrected chi connectivity index (χ4v) is 2.86. The minimum Gasteiger partial charge on any atom is -0.477 e. The molecule has 24 heavy (non-hydrogen) atoms. The first-order valence-electron chi connectivity index (χ1n) is 7.35. The molecular formula is C16H14F5NO2. The van der Waals surface area contributed by atoms with Crippen LogP contribution in [0.5, 0.6) is 5.75 Å². The summed E-state index contributed by atoms with van der Waals surface area (Å²) in [5.74, 6) is -0.367. The minimum absolute atomic E-state index is 0.0117. The molecule has 1 amide bonds. The number of rotatable bonds is 3. The summed E-state index contributed by atoms with van der Waals surface area (Å²) in [5, 5.41) is 0. The Bertz CT molecular complexity index is 694. The number of carbonyl (C=O) groups is 1. The highest BCUT2D eigenvalue weighted by Crippen LogP contribution is 2.42. The molecule has 2 heterocycles. The maximum atomic E-state index is 13.4. The number of nitrogens with zero attached hydrogens (tertiary/aromatic N) is 1. The average molecular weight is 347 g/mol. The number of carbonyl (C=O) groups excluding carboxylic acids is 1. The average Bonchev–Trinajstić information content (AvgIpc) is 2.98. The first-order chi connectivity index (χ1) is 11.3. The second kappa shape index (κ2) is 5.75. The van der Waals surface area contributed by atoms with Crippen molar-refractivity contribution in [3.63, 3.8) is 0 Å². The van der Waals surface area contributed by atoms with Crippen molar-refractivity contribution in [2.75, 3.05) is 19.9 Å². The van der Waals surface area contributed by atoms with E-state index in [2.05, 4.69) is 0 Å². The van der Waals surface area contributed by atoms with Crippen molar-refractivity contribution >= 4 is 11.6 Å². The molecule has 130 valence electrons. The molecule has 2 aliphatic rings. The molecule has 1 aromatic carbocycles. The molecule has 8 heteroatoms. The lowest BCUT2D eigenvalue weighted by Gasteiger charge is -2.35. The van der Waals surface area contributed by atoms with Crippen molar-refractivity contribution in [2.24, 2.45) is 0 Å². The van der Waals surface area contributed by atoms with Crippen LogP contribution in [0.25, 0.3) is 5.70 Å². The molecule has 1 fully saturated rings. The van der Waals surface area contributed by atoms with Gasteiger partial charge < -0.3 is 9.64 Å². The molecule has 1 aromatic rings. The molecule has 0 spiro atoms. The topological polar surface area (TPSA) is 29.5 Å². The summed E-state index contributed by atoms with van der Waals surface area (Å²) < 4.78 is 70.9. The van der Waals surface area contributed by atoms with Crippen LogP contribution in [0, 0.1) is 0 Å². The van der Waals surface area contributed by atoms with Gasteiger partial charge in [-0.2, -0.15) is 13.2 Å². The fourth-order valence-electron chi connectivity index (χ4n) is 2.86. The molecule has 0 bridgehead atoms. The van der Waals surface area contributed by atoms with Gasteiger partial charge in [-0.25, -0.2) is 8.78 Å². The van der Waals surface area contributed by atoms with Gasteiger partial charge in [0.05, 0.1) is 11.3 Å². The summed E-state index contributed by atoms with van der Waals surface area (Å²) >= 11 is 0. The number of likely N-dealkylation sites (tertiary alicyclic amines) is 1. The van der Waals surface area contributed by atoms with Crippen LogP contribution < -0.4 is 4.74 Å². The number of halogens is 5. The number of hydrogen-bond acceptors (Lipinski definition) is 2. The monoisotopic (exact) mass is 347 g/mol. The smallest absolute Gasteiger partial charge is 0.416 e. The van der Waals surface area contributed by atoms with Gasteiger partial charge in [0.1, 0.15) is 19.1 Å². The number of alkyl halides is 5. The zero-order chi connectivity index (χ0) is 17.5. The van der Waals surface area contributed by atoms with E-state index >= 15 is 0 Å². The third kappa shape index (κ3) is 2.74. The van der Waals surface area contributed by atoms with Gasteiger partial charge >= 0.3 is 6.18 Å². The highest BCUT2D eigenvalue weighted by atomic mass is 19.4. The summed E-state index contributed by atoms with van der Waals surface area (Å²) in [5.41, 5.74) is -2.77. The molecule has 0 aliphatic carbocycles. The number of hydrogen-bond donors (Lipinski definition) is 0. The van der Waals surface area contributed by atoms with E-state index in [9.17, 15) is 26.7 Å². The van der Waals surface area contributed by atoms with Crippen LogP contribution >= 0.6 is 0 Å². The normalized spacial score (nSPS) is 19.8. The van der Waals surface area contributed by atoms with Crippen LogP contribution in [0.4, 0.5) is 22.0 Å². The van der Waals surface area contributed by atoms with Crippen molar-refractivity contribution in [1.29, 1.82) is 0 Å². The second-order valence-corrected chi connectivity index (χ2v) is 5.82. The molecular weight excluding hydrogens is 333 g/mol. The molecule has 3 nitrogen and oxygen atoms in total. The van der Waals surface area contributed by atoms with Crippen molar-refractivity contribution < 1.29 is 31.5 Å². The van der Waals surface area contributed by atoms with Crippen molar-refractivity contribution in [3.8, 4) is 5.75 Å². The fraction of sp³-hybridized carbons (Fsp3) is 0.438. The lowest BCUT2D eigenvalue weighted by Crippen LogP contribution is -2.43. The Morgan fingerprint density at radius 2 is 1.92 bits per heavy atom. The molecule has 0 atom stereocenters. The number of benzene rings is 1. The van der Waals surface area contributed by atoms with E-state index in [0.717, 1.165) is 24.3 Å². The Balaban J connectivity index is 2.15. The maximum absolute atomic E-state index is 13.4. The zero-order valence-corrected chi connectivity index (χ0v) is 12.5. The van der Waals surface area contributed by atoms with Gasteiger partial charge in [-0.1, -0.05) is 0 Å². The summed E-state index contributed by atoms with van der Waals surface area (Å²) in [4.78, 5) is 13.3. The van der Waals surface area contributed by atoms with E-state index in [1.165, 1.54) is 4.90 Å². The number of ether oxygens (including phenoxy) is 1. The zero-order valence-electron chi connectivity index (χ0n) is 12.5. The Morgan fingerprint density at radius 3 is 2.46 bits per heavy atom. The first kappa shape index (κ1) is 16.7. The van der Waals surface area contributed by atoms with Crippen LogP contribution in [0.2, 0.25) is 0 Å². The van der Waals surface area contributed by atoms with E-state index in [-0.39, 0.29) is 35.9 Å². The number of amides is 1. The molecule has 0 saturated carbocycles. The van der Waals surface area contributed by atoms with E-state index in [4.69, 9.17) is 4.74 Å². The highest BCUT2D eigenvalue weighted by molar-refractivity contribution is 5.90. The third-order valence-electron chi connectivity index (χ3n) is 4.11. The second-order valence-electron chi connectivity index (χ2n) is 5.82. The van der Waals surface area contributed by atoms with Crippen molar-refractivity contribution in [1.82, 2.24) is 4.90 Å². The predicted octanol–water partition coefficient (Wildman–Crippen LogP) is 3.74. The summed E-state index contributed by atoms with van der Waals surface area (Å²) in [7, 11) is 0. The molecule has 3 rings (SSSR count). The van der Waals surface area contributed by atoms with Gasteiger partial charge in [-0.15, -0.1) is 0 Å². The standard InChI is InChI=1S/C16H14F5NO2/c17-8-15(9-18)7-12(22-5-1-2-14(22)23)11-6-10(16(19,20)21)3-4-13(11)24-15/h3-4,6-7H,1-2,5,8-9H2. The van der Waals surface area contributed by atoms with Gasteiger partial charge in [-0.05, 0) is 30.7 Å². The quantitative estimate of drug-likeness (QED) is 0.780. The lowest BCUT2D eigenvalue weighted by molar-refractivity contribution is -0.137. The van der Waals surface area contributed by atoms with Crippen LogP contribution in [-0.4, -0.2) is 36.3 Å². The van der Waals surface area contributed by atoms with E-state index < -0.39 is 30.7 Å². The van der Waals surface area contributed by atoms with Crippen molar-refractivity contribution in [3.05, 3.63) is 35.4 Å². The summed E-state index contributed by atoms with van der Waals surface area (Å²) in [6.07, 6.45) is -2.73. The van der Waals surface area contributed by atoms with Crippen LogP contribution in [-0.2, 0) is 11.0 Å². The third-order valence-corrected chi connectivity index (χ3v) is 4.11. The van der Waals surface area contributed by atoms with Gasteiger partial charge in [0.2, 0.25) is 5.91 Å². The highest BCUT2D eigenvalue weighted by Gasteiger charge is 2.41. The summed E-state index contributed by atoms with van der Waals surface area (Å²) in [6.45, 7) is -2.11. The first-order valence-corrected chi connectivity index (χ1v) is 7.35. The number of fused-ring (bicyclic) bond motifs is 1. The van der Waals surface area contributed by atoms with E-state index in [1.54, 1.807) is 0 Å².